The van der Waals surface area contributed by atoms with Crippen LogP contribution in [0.2, 0.25) is 0 Å². The van der Waals surface area contributed by atoms with Crippen LogP contribution < -0.4 is 0 Å². The molecule has 2 aromatic rings. The van der Waals surface area contributed by atoms with Gasteiger partial charge in [0.1, 0.15) is 0 Å². The van der Waals surface area contributed by atoms with Crippen LogP contribution in [0.1, 0.15) is 36.0 Å². The molecule has 2 aromatic carbocycles. The monoisotopic (exact) mass is 266 g/mol. The van der Waals surface area contributed by atoms with Gasteiger partial charge in [0.15, 0.2) is 0 Å². The third-order valence-corrected chi connectivity index (χ3v) is 4.74. The number of aliphatic hydroxyl groups is 1. The molecule has 20 heavy (non-hydrogen) atoms. The van der Waals surface area contributed by atoms with Crippen LogP contribution in [0.4, 0.5) is 0 Å². The minimum absolute atomic E-state index is 0.0228. The summed E-state index contributed by atoms with van der Waals surface area (Å²) in [6, 6.07) is 19.0. The van der Waals surface area contributed by atoms with Crippen molar-refractivity contribution in [2.45, 2.75) is 44.1 Å². The van der Waals surface area contributed by atoms with Crippen molar-refractivity contribution in [1.82, 2.24) is 0 Å². The first-order chi connectivity index (χ1) is 9.71. The fourth-order valence-corrected chi connectivity index (χ4v) is 3.40. The fourth-order valence-electron chi connectivity index (χ4n) is 3.40. The average Bonchev–Trinajstić information content (AvgIpc) is 2.38. The summed E-state index contributed by atoms with van der Waals surface area (Å²) in [6.45, 7) is 2.10. The maximum Gasteiger partial charge on any atom is 0.0677 e. The van der Waals surface area contributed by atoms with Gasteiger partial charge in [-0.2, -0.15) is 0 Å². The van der Waals surface area contributed by atoms with Crippen LogP contribution in [0.25, 0.3) is 0 Å². The predicted octanol–water partition coefficient (Wildman–Crippen LogP) is 4.02. The maximum atomic E-state index is 10.8. The minimum Gasteiger partial charge on any atom is -0.392 e. The zero-order valence-electron chi connectivity index (χ0n) is 12.0. The average molecular weight is 266 g/mol. The molecule has 3 rings (SSSR count). The number of aliphatic hydroxyl groups excluding tert-OH is 1. The van der Waals surface area contributed by atoms with Gasteiger partial charge in [-0.1, -0.05) is 66.6 Å². The van der Waals surface area contributed by atoms with Gasteiger partial charge in [-0.15, -0.1) is 0 Å². The van der Waals surface area contributed by atoms with Crippen LogP contribution in [0, 0.1) is 6.92 Å². The molecule has 1 heteroatoms. The molecule has 104 valence electrons. The van der Waals surface area contributed by atoms with E-state index in [2.05, 4.69) is 55.5 Å². The molecule has 1 atom stereocenters. The molecule has 0 aliphatic heterocycles. The van der Waals surface area contributed by atoms with Crippen LogP contribution in [0.3, 0.4) is 0 Å². The van der Waals surface area contributed by atoms with Crippen LogP contribution in [-0.4, -0.2) is 11.2 Å². The summed E-state index contributed by atoms with van der Waals surface area (Å²) in [7, 11) is 0. The lowest BCUT2D eigenvalue weighted by atomic mass is 9.60. The van der Waals surface area contributed by atoms with Crippen LogP contribution in [0.15, 0.2) is 54.6 Å². The Labute approximate surface area is 121 Å². The van der Waals surface area contributed by atoms with Gasteiger partial charge >= 0.3 is 0 Å². The molecule has 0 heterocycles. The minimum atomic E-state index is -0.291. The summed E-state index contributed by atoms with van der Waals surface area (Å²) in [6.07, 6.45) is 3.88. The molecule has 0 bridgehead atoms. The van der Waals surface area contributed by atoms with Crippen molar-refractivity contribution in [3.05, 3.63) is 71.3 Å². The number of hydrogen-bond acceptors (Lipinski definition) is 1. The van der Waals surface area contributed by atoms with E-state index in [0.717, 1.165) is 19.3 Å². The standard InChI is InChI=1S/C19H22O/c1-15-7-5-8-16(13-15)14-18(20)19(11-6-12-19)17-9-3-2-4-10-17/h2-5,7-10,13,18,20H,6,11-12,14H2,1H3. The van der Waals surface area contributed by atoms with E-state index in [-0.39, 0.29) is 11.5 Å². The lowest BCUT2D eigenvalue weighted by molar-refractivity contribution is 0.0286. The molecule has 1 fully saturated rings. The molecule has 0 radical (unpaired) electrons. The zero-order chi connectivity index (χ0) is 14.0. The lowest BCUT2D eigenvalue weighted by Gasteiger charge is -2.46. The summed E-state index contributed by atoms with van der Waals surface area (Å²) < 4.78 is 0. The molecule has 1 nitrogen and oxygen atoms in total. The van der Waals surface area contributed by atoms with E-state index in [0.29, 0.717) is 0 Å². The Balaban J connectivity index is 1.83. The van der Waals surface area contributed by atoms with Gasteiger partial charge in [-0.3, -0.25) is 0 Å². The first-order valence-electron chi connectivity index (χ1n) is 7.50. The Bertz CT molecular complexity index is 569. The Morgan fingerprint density at radius 1 is 1.05 bits per heavy atom. The van der Waals surface area contributed by atoms with E-state index in [4.69, 9.17) is 0 Å². The molecule has 1 unspecified atom stereocenters. The summed E-state index contributed by atoms with van der Waals surface area (Å²) >= 11 is 0. The second kappa shape index (κ2) is 5.41. The van der Waals surface area contributed by atoms with Gasteiger partial charge in [0.2, 0.25) is 0 Å². The van der Waals surface area contributed by atoms with E-state index >= 15 is 0 Å². The molecule has 0 amide bonds. The largest absolute Gasteiger partial charge is 0.392 e. The van der Waals surface area contributed by atoms with Gasteiger partial charge in [0, 0.05) is 5.41 Å². The Hall–Kier alpha value is -1.60. The Morgan fingerprint density at radius 3 is 2.40 bits per heavy atom. The van der Waals surface area contributed by atoms with Crippen molar-refractivity contribution in [1.29, 1.82) is 0 Å². The highest BCUT2D eigenvalue weighted by Gasteiger charge is 2.44. The molecule has 0 saturated heterocycles. The number of hydrogen-bond donors (Lipinski definition) is 1. The first-order valence-corrected chi connectivity index (χ1v) is 7.50. The lowest BCUT2D eigenvalue weighted by Crippen LogP contribution is -2.46. The number of aryl methyl sites for hydroxylation is 1. The van der Waals surface area contributed by atoms with E-state index in [9.17, 15) is 5.11 Å². The van der Waals surface area contributed by atoms with Gasteiger partial charge in [-0.05, 0) is 37.3 Å². The molecule has 1 aliphatic rings. The molecular formula is C19H22O. The van der Waals surface area contributed by atoms with E-state index < -0.39 is 0 Å². The first kappa shape index (κ1) is 13.4. The van der Waals surface area contributed by atoms with Crippen molar-refractivity contribution in [2.24, 2.45) is 0 Å². The molecule has 0 aromatic heterocycles. The quantitative estimate of drug-likeness (QED) is 0.886. The highest BCUT2D eigenvalue weighted by molar-refractivity contribution is 5.31. The van der Waals surface area contributed by atoms with Crippen molar-refractivity contribution in [2.75, 3.05) is 0 Å². The predicted molar refractivity (Wildman–Crippen MR) is 82.9 cm³/mol. The molecule has 1 saturated carbocycles. The Morgan fingerprint density at radius 2 is 1.80 bits per heavy atom. The van der Waals surface area contributed by atoms with E-state index in [1.165, 1.54) is 23.1 Å². The molecule has 0 spiro atoms. The van der Waals surface area contributed by atoms with Gasteiger partial charge in [-0.25, -0.2) is 0 Å². The van der Waals surface area contributed by atoms with Crippen LogP contribution in [-0.2, 0) is 11.8 Å². The smallest absolute Gasteiger partial charge is 0.0677 e. The molecule has 1 N–H and O–H groups in total. The Kier molecular flexibility index (Phi) is 3.62. The summed E-state index contributed by atoms with van der Waals surface area (Å²) in [5.41, 5.74) is 3.77. The topological polar surface area (TPSA) is 20.2 Å². The second-order valence-electron chi connectivity index (χ2n) is 6.08. The van der Waals surface area contributed by atoms with Gasteiger partial charge in [0.05, 0.1) is 6.10 Å². The van der Waals surface area contributed by atoms with Gasteiger partial charge < -0.3 is 5.11 Å². The summed E-state index contributed by atoms with van der Waals surface area (Å²) in [5, 5.41) is 10.8. The summed E-state index contributed by atoms with van der Waals surface area (Å²) in [5.74, 6) is 0. The highest BCUT2D eigenvalue weighted by atomic mass is 16.3. The van der Waals surface area contributed by atoms with E-state index in [1.807, 2.05) is 6.07 Å². The molecular weight excluding hydrogens is 244 g/mol. The number of rotatable bonds is 4. The van der Waals surface area contributed by atoms with Gasteiger partial charge in [0.25, 0.3) is 0 Å². The van der Waals surface area contributed by atoms with Crippen molar-refractivity contribution >= 4 is 0 Å². The normalized spacial score (nSPS) is 18.3. The molecule has 1 aliphatic carbocycles. The van der Waals surface area contributed by atoms with Crippen LogP contribution in [0.5, 0.6) is 0 Å². The van der Waals surface area contributed by atoms with Crippen molar-refractivity contribution in [3.8, 4) is 0 Å². The van der Waals surface area contributed by atoms with E-state index in [1.54, 1.807) is 0 Å². The SMILES string of the molecule is Cc1cccc(CC(O)C2(c3ccccc3)CCC2)c1. The highest BCUT2D eigenvalue weighted by Crippen LogP contribution is 2.47. The zero-order valence-corrected chi connectivity index (χ0v) is 12.0. The third-order valence-electron chi connectivity index (χ3n) is 4.74. The second-order valence-corrected chi connectivity index (χ2v) is 6.08. The third kappa shape index (κ3) is 2.38. The number of benzene rings is 2. The van der Waals surface area contributed by atoms with Crippen molar-refractivity contribution < 1.29 is 5.11 Å². The van der Waals surface area contributed by atoms with Crippen LogP contribution >= 0.6 is 0 Å². The summed E-state index contributed by atoms with van der Waals surface area (Å²) in [4.78, 5) is 0. The fraction of sp³-hybridized carbons (Fsp3) is 0.368. The maximum absolute atomic E-state index is 10.8. The van der Waals surface area contributed by atoms with Crippen molar-refractivity contribution in [3.63, 3.8) is 0 Å².